The van der Waals surface area contributed by atoms with Gasteiger partial charge in [0.1, 0.15) is 23.7 Å². The molecule has 1 heterocycles. The Balaban J connectivity index is 1.39. The van der Waals surface area contributed by atoms with Gasteiger partial charge in [-0.25, -0.2) is 4.79 Å². The van der Waals surface area contributed by atoms with Crippen LogP contribution in [-0.4, -0.2) is 21.3 Å². The molecule has 0 radical (unpaired) electrons. The molecule has 2 atom stereocenters. The Labute approximate surface area is 234 Å². The van der Waals surface area contributed by atoms with Gasteiger partial charge in [0.05, 0.1) is 21.2 Å². The minimum absolute atomic E-state index is 0.0213. The van der Waals surface area contributed by atoms with E-state index >= 15 is 0 Å². The number of carbonyl (C=O) groups is 1. The predicted octanol–water partition coefficient (Wildman–Crippen LogP) is 8.08. The first-order chi connectivity index (χ1) is 18.1. The number of benzene rings is 3. The molecule has 6 nitrogen and oxygen atoms in total. The molecule has 0 amide bonds. The maximum Gasteiger partial charge on any atom is 0.335 e. The lowest BCUT2D eigenvalue weighted by atomic mass is 9.98. The summed E-state index contributed by atoms with van der Waals surface area (Å²) in [6, 6.07) is 17.7. The average molecular weight is 573 g/mol. The molecule has 0 bridgehead atoms. The van der Waals surface area contributed by atoms with Gasteiger partial charge in [-0.3, -0.25) is 0 Å². The highest BCUT2D eigenvalue weighted by atomic mass is 35.5. The van der Waals surface area contributed by atoms with Gasteiger partial charge >= 0.3 is 5.97 Å². The van der Waals surface area contributed by atoms with Crippen LogP contribution in [0.3, 0.4) is 0 Å². The quantitative estimate of drug-likeness (QED) is 0.222. The first-order valence-corrected chi connectivity index (χ1v) is 13.1. The third-order valence-corrected chi connectivity index (χ3v) is 7.64. The van der Waals surface area contributed by atoms with Crippen LogP contribution in [0.15, 0.2) is 65.2 Å². The van der Waals surface area contributed by atoms with Crippen LogP contribution < -0.4 is 4.74 Å². The molecule has 1 aliphatic rings. The van der Waals surface area contributed by atoms with Gasteiger partial charge < -0.3 is 19.5 Å². The summed E-state index contributed by atoms with van der Waals surface area (Å²) >= 11 is 19.5. The summed E-state index contributed by atoms with van der Waals surface area (Å²) in [5.41, 5.74) is 2.14. The Morgan fingerprint density at radius 1 is 1.00 bits per heavy atom. The first-order valence-electron chi connectivity index (χ1n) is 12.0. The number of rotatable bonds is 8. The normalized spacial score (nSPS) is 16.9. The Morgan fingerprint density at radius 2 is 1.68 bits per heavy atom. The number of ether oxygens (including phenoxy) is 1. The molecule has 1 saturated carbocycles. The van der Waals surface area contributed by atoms with Crippen molar-refractivity contribution >= 4 is 40.8 Å². The zero-order valence-electron chi connectivity index (χ0n) is 20.5. The molecule has 9 heteroatoms. The van der Waals surface area contributed by atoms with Crippen LogP contribution >= 0.6 is 34.8 Å². The number of halogens is 3. The highest BCUT2D eigenvalue weighted by Crippen LogP contribution is 2.57. The van der Waals surface area contributed by atoms with E-state index in [4.69, 9.17) is 44.1 Å². The van der Waals surface area contributed by atoms with Crippen LogP contribution in [0.25, 0.3) is 11.3 Å². The zero-order chi connectivity index (χ0) is 27.2. The largest absolute Gasteiger partial charge is 0.489 e. The lowest BCUT2D eigenvalue weighted by Gasteiger charge is -2.16. The van der Waals surface area contributed by atoms with E-state index in [0.29, 0.717) is 43.2 Å². The molecule has 2 unspecified atom stereocenters. The van der Waals surface area contributed by atoms with Crippen LogP contribution in [0.4, 0.5) is 0 Å². The third kappa shape index (κ3) is 5.14. The number of hydrogen-bond donors (Lipinski definition) is 2. The smallest absolute Gasteiger partial charge is 0.335 e. The van der Waals surface area contributed by atoms with Crippen LogP contribution in [0.2, 0.25) is 15.1 Å². The monoisotopic (exact) mass is 571 g/mol. The summed E-state index contributed by atoms with van der Waals surface area (Å²) in [5, 5.41) is 25.7. The Kier molecular flexibility index (Phi) is 7.18. The summed E-state index contributed by atoms with van der Waals surface area (Å²) in [5.74, 6) is 0.0505. The second-order valence-corrected chi connectivity index (χ2v) is 11.0. The van der Waals surface area contributed by atoms with Crippen LogP contribution in [0.5, 0.6) is 5.75 Å². The fourth-order valence-electron chi connectivity index (χ4n) is 4.80. The fourth-order valence-corrected chi connectivity index (χ4v) is 5.68. The van der Waals surface area contributed by atoms with Gasteiger partial charge in [-0.1, -0.05) is 70.3 Å². The van der Waals surface area contributed by atoms with Gasteiger partial charge in [-0.2, -0.15) is 0 Å². The molecular formula is C29H24Cl3NO5. The maximum absolute atomic E-state index is 11.6. The van der Waals surface area contributed by atoms with Crippen molar-refractivity contribution in [2.24, 2.45) is 0 Å². The second-order valence-electron chi connectivity index (χ2n) is 9.81. The van der Waals surface area contributed by atoms with Gasteiger partial charge in [0.2, 0.25) is 0 Å². The molecule has 1 aromatic heterocycles. The average Bonchev–Trinajstić information content (AvgIpc) is 3.53. The highest BCUT2D eigenvalue weighted by molar-refractivity contribution is 6.39. The molecule has 1 fully saturated rings. The van der Waals surface area contributed by atoms with E-state index in [2.05, 4.69) is 5.16 Å². The van der Waals surface area contributed by atoms with Crippen molar-refractivity contribution in [3.05, 3.63) is 104 Å². The van der Waals surface area contributed by atoms with Crippen molar-refractivity contribution in [1.82, 2.24) is 5.16 Å². The lowest BCUT2D eigenvalue weighted by Crippen LogP contribution is -2.17. The minimum Gasteiger partial charge on any atom is -0.489 e. The summed E-state index contributed by atoms with van der Waals surface area (Å²) in [6.45, 7) is 3.21. The number of carboxylic acids is 1. The van der Waals surface area contributed by atoms with Gasteiger partial charge in [0, 0.05) is 10.6 Å². The van der Waals surface area contributed by atoms with Crippen LogP contribution in [0.1, 0.15) is 64.9 Å². The predicted molar refractivity (Wildman–Crippen MR) is 146 cm³/mol. The SMILES string of the molecule is CC(C)(O)c1onc(-c2c(Cl)cccc2Cl)c1COc1ccc(C2CC2c2ccccc2C(=O)O)c(Cl)c1. The summed E-state index contributed by atoms with van der Waals surface area (Å²) in [4.78, 5) is 11.6. The van der Waals surface area contributed by atoms with E-state index in [0.717, 1.165) is 17.5 Å². The summed E-state index contributed by atoms with van der Waals surface area (Å²) < 4.78 is 11.6. The number of aromatic nitrogens is 1. The van der Waals surface area contributed by atoms with Crippen molar-refractivity contribution in [3.63, 3.8) is 0 Å². The molecule has 0 aliphatic heterocycles. The van der Waals surface area contributed by atoms with E-state index in [-0.39, 0.29) is 24.2 Å². The minimum atomic E-state index is -1.33. The molecule has 2 N–H and O–H groups in total. The van der Waals surface area contributed by atoms with Gasteiger partial charge in [-0.15, -0.1) is 0 Å². The fraction of sp³-hybridized carbons (Fsp3) is 0.241. The van der Waals surface area contributed by atoms with Crippen LogP contribution in [-0.2, 0) is 12.2 Å². The topological polar surface area (TPSA) is 92.8 Å². The summed E-state index contributed by atoms with van der Waals surface area (Å²) in [7, 11) is 0. The molecule has 38 heavy (non-hydrogen) atoms. The number of carboxylic acid groups (broad SMARTS) is 1. The third-order valence-electron chi connectivity index (χ3n) is 6.68. The second kappa shape index (κ2) is 10.3. The molecule has 0 saturated heterocycles. The molecule has 0 spiro atoms. The van der Waals surface area contributed by atoms with Crippen molar-refractivity contribution in [2.45, 2.75) is 44.3 Å². The standard InChI is InChI=1S/C29H24Cl3NO5/c1-29(2,36)27-21(26(33-38-27)25-22(30)8-5-9-23(25)31)14-37-15-10-11-17(24(32)12-15)20-13-19(20)16-6-3-4-7-18(16)28(34)35/h3-12,19-20,36H,13-14H2,1-2H3,(H,34,35). The summed E-state index contributed by atoms with van der Waals surface area (Å²) in [6.07, 6.45) is 0.821. The van der Waals surface area contributed by atoms with E-state index < -0.39 is 11.6 Å². The Morgan fingerprint density at radius 3 is 2.34 bits per heavy atom. The first kappa shape index (κ1) is 26.6. The molecule has 4 aromatic rings. The lowest BCUT2D eigenvalue weighted by molar-refractivity contribution is 0.0452. The molecule has 3 aromatic carbocycles. The van der Waals surface area contributed by atoms with E-state index in [9.17, 15) is 15.0 Å². The van der Waals surface area contributed by atoms with Crippen LogP contribution in [0, 0.1) is 0 Å². The van der Waals surface area contributed by atoms with Gasteiger partial charge in [-0.05, 0) is 73.6 Å². The van der Waals surface area contributed by atoms with Gasteiger partial charge in [0.25, 0.3) is 0 Å². The highest BCUT2D eigenvalue weighted by Gasteiger charge is 2.42. The Hall–Kier alpha value is -3.03. The zero-order valence-corrected chi connectivity index (χ0v) is 22.8. The molecular weight excluding hydrogens is 549 g/mol. The molecule has 5 rings (SSSR count). The van der Waals surface area contributed by atoms with Gasteiger partial charge in [0.15, 0.2) is 5.76 Å². The number of hydrogen-bond acceptors (Lipinski definition) is 5. The van der Waals surface area contributed by atoms with Crippen molar-refractivity contribution < 1.29 is 24.3 Å². The van der Waals surface area contributed by atoms with E-state index in [1.807, 2.05) is 24.3 Å². The van der Waals surface area contributed by atoms with E-state index in [1.165, 1.54) is 0 Å². The number of nitrogens with zero attached hydrogens (tertiary/aromatic N) is 1. The maximum atomic E-state index is 11.6. The Bertz CT molecular complexity index is 1500. The number of aromatic carboxylic acids is 1. The number of aliphatic hydroxyl groups is 1. The van der Waals surface area contributed by atoms with Crippen molar-refractivity contribution in [1.29, 1.82) is 0 Å². The van der Waals surface area contributed by atoms with E-state index in [1.54, 1.807) is 50.2 Å². The molecule has 1 aliphatic carbocycles. The van der Waals surface area contributed by atoms with Crippen molar-refractivity contribution in [2.75, 3.05) is 0 Å². The van der Waals surface area contributed by atoms with Crippen molar-refractivity contribution in [3.8, 4) is 17.0 Å². The molecule has 196 valence electrons.